The van der Waals surface area contributed by atoms with Crippen LogP contribution >= 0.6 is 11.3 Å². The molecule has 1 aromatic carbocycles. The van der Waals surface area contributed by atoms with Gasteiger partial charge in [0.2, 0.25) is 5.91 Å². The van der Waals surface area contributed by atoms with Gasteiger partial charge in [-0.05, 0) is 12.1 Å². The molecule has 3 heterocycles. The van der Waals surface area contributed by atoms with Crippen LogP contribution in [-0.4, -0.2) is 62.5 Å². The quantitative estimate of drug-likeness (QED) is 0.458. The van der Waals surface area contributed by atoms with Crippen molar-refractivity contribution in [1.29, 1.82) is 0 Å². The number of fused-ring (bicyclic) bond motifs is 1. The molecule has 154 valence electrons. The van der Waals surface area contributed by atoms with E-state index in [0.29, 0.717) is 41.8 Å². The van der Waals surface area contributed by atoms with E-state index in [4.69, 9.17) is 0 Å². The number of rotatable bonds is 4. The Hall–Kier alpha value is -3.60. The van der Waals surface area contributed by atoms with Gasteiger partial charge in [0.25, 0.3) is 11.5 Å². The first-order chi connectivity index (χ1) is 14.4. The van der Waals surface area contributed by atoms with Crippen LogP contribution in [0.2, 0.25) is 0 Å². The van der Waals surface area contributed by atoms with E-state index in [2.05, 4.69) is 5.10 Å². The van der Waals surface area contributed by atoms with Crippen molar-refractivity contribution < 1.29 is 14.5 Å². The molecule has 1 fully saturated rings. The lowest BCUT2D eigenvalue weighted by Gasteiger charge is -2.34. The molecule has 0 spiro atoms. The summed E-state index contributed by atoms with van der Waals surface area (Å²) in [6.07, 6.45) is 1.56. The molecular formula is C19H17N5O5S. The van der Waals surface area contributed by atoms with Gasteiger partial charge >= 0.3 is 5.00 Å². The number of benzene rings is 1. The third kappa shape index (κ3) is 3.79. The lowest BCUT2D eigenvalue weighted by molar-refractivity contribution is -0.380. The average Bonchev–Trinajstić information content (AvgIpc) is 3.26. The summed E-state index contributed by atoms with van der Waals surface area (Å²) < 4.78 is 1.15. The predicted octanol–water partition coefficient (Wildman–Crippen LogP) is 1.35. The number of hydrogen-bond donors (Lipinski definition) is 0. The maximum atomic E-state index is 12.6. The molecule has 0 unspecified atom stereocenters. The molecule has 1 aliphatic heterocycles. The van der Waals surface area contributed by atoms with Gasteiger partial charge in [0.15, 0.2) is 0 Å². The lowest BCUT2D eigenvalue weighted by atomic mass is 10.2. The second-order valence-electron chi connectivity index (χ2n) is 6.76. The van der Waals surface area contributed by atoms with Crippen LogP contribution < -0.4 is 5.56 Å². The summed E-state index contributed by atoms with van der Waals surface area (Å²) in [6.45, 7) is 1.10. The second kappa shape index (κ2) is 8.03. The fourth-order valence-electron chi connectivity index (χ4n) is 3.32. The molecule has 30 heavy (non-hydrogen) atoms. The number of hydrogen-bond acceptors (Lipinski definition) is 7. The summed E-state index contributed by atoms with van der Waals surface area (Å²) >= 11 is 0.837. The first kappa shape index (κ1) is 19.7. The van der Waals surface area contributed by atoms with E-state index in [1.165, 1.54) is 12.1 Å². The smallest absolute Gasteiger partial charge is 0.324 e. The SMILES string of the molecule is O=C(Cn1ncc2ccccc2c1=O)N1CCN(C(=O)c2ccc([N+](=O)[O-])s2)CC1. The maximum absolute atomic E-state index is 12.6. The predicted molar refractivity (Wildman–Crippen MR) is 109 cm³/mol. The van der Waals surface area contributed by atoms with Crippen molar-refractivity contribution in [2.75, 3.05) is 26.2 Å². The minimum absolute atomic E-state index is 0.0829. The van der Waals surface area contributed by atoms with Gasteiger partial charge in [0.1, 0.15) is 6.54 Å². The van der Waals surface area contributed by atoms with Crippen LogP contribution in [0.1, 0.15) is 9.67 Å². The number of carbonyl (C=O) groups excluding carboxylic acids is 2. The average molecular weight is 427 g/mol. The van der Waals surface area contributed by atoms with Gasteiger partial charge in [0, 0.05) is 37.6 Å². The van der Waals surface area contributed by atoms with Crippen LogP contribution in [0.15, 0.2) is 47.4 Å². The van der Waals surface area contributed by atoms with Gasteiger partial charge in [-0.15, -0.1) is 0 Å². The number of amides is 2. The highest BCUT2D eigenvalue weighted by atomic mass is 32.1. The Morgan fingerprint density at radius 3 is 2.47 bits per heavy atom. The summed E-state index contributed by atoms with van der Waals surface area (Å²) in [4.78, 5) is 51.4. The third-order valence-electron chi connectivity index (χ3n) is 4.95. The molecular weight excluding hydrogens is 410 g/mol. The molecule has 0 radical (unpaired) electrons. The van der Waals surface area contributed by atoms with Gasteiger partial charge in [-0.1, -0.05) is 29.5 Å². The van der Waals surface area contributed by atoms with Gasteiger partial charge in [0.05, 0.1) is 21.4 Å². The Labute approximate surface area is 174 Å². The molecule has 2 aromatic heterocycles. The molecule has 0 aliphatic carbocycles. The Bertz CT molecular complexity index is 1200. The van der Waals surface area contributed by atoms with E-state index < -0.39 is 4.92 Å². The fourth-order valence-corrected chi connectivity index (χ4v) is 4.11. The van der Waals surface area contributed by atoms with Crippen LogP contribution in [0.3, 0.4) is 0 Å². The molecule has 0 bridgehead atoms. The van der Waals surface area contributed by atoms with Crippen molar-refractivity contribution in [2.24, 2.45) is 0 Å². The minimum Gasteiger partial charge on any atom is -0.338 e. The zero-order valence-corrected chi connectivity index (χ0v) is 16.6. The van der Waals surface area contributed by atoms with Crippen LogP contribution in [0, 0.1) is 10.1 Å². The largest absolute Gasteiger partial charge is 0.338 e. The monoisotopic (exact) mass is 427 g/mol. The summed E-state index contributed by atoms with van der Waals surface area (Å²) in [7, 11) is 0. The van der Waals surface area contributed by atoms with Crippen LogP contribution in [0.4, 0.5) is 5.00 Å². The van der Waals surface area contributed by atoms with Crippen LogP contribution in [-0.2, 0) is 11.3 Å². The highest BCUT2D eigenvalue weighted by molar-refractivity contribution is 7.17. The van der Waals surface area contributed by atoms with Crippen LogP contribution in [0.25, 0.3) is 10.8 Å². The number of carbonyl (C=O) groups is 2. The molecule has 1 aliphatic rings. The number of nitro groups is 1. The van der Waals surface area contributed by atoms with Crippen molar-refractivity contribution in [2.45, 2.75) is 6.54 Å². The Morgan fingerprint density at radius 1 is 1.07 bits per heavy atom. The number of aromatic nitrogens is 2. The minimum atomic E-state index is -0.527. The van der Waals surface area contributed by atoms with E-state index in [1.54, 1.807) is 34.2 Å². The molecule has 11 heteroatoms. The molecule has 2 amide bonds. The summed E-state index contributed by atoms with van der Waals surface area (Å²) in [6, 6.07) is 9.81. The van der Waals surface area contributed by atoms with E-state index in [-0.39, 0.29) is 28.9 Å². The number of nitrogens with zero attached hydrogens (tertiary/aromatic N) is 5. The molecule has 0 saturated carbocycles. The Balaban J connectivity index is 1.38. The first-order valence-electron chi connectivity index (χ1n) is 9.20. The molecule has 3 aromatic rings. The Kier molecular flexibility index (Phi) is 5.27. The standard InChI is InChI=1S/C19H17N5O5S/c25-16(12-23-18(26)14-4-2-1-3-13(14)11-20-23)21-7-9-22(10-8-21)19(27)15-5-6-17(30-15)24(28)29/h1-6,11H,7-10,12H2. The zero-order chi connectivity index (χ0) is 21.3. The highest BCUT2D eigenvalue weighted by Crippen LogP contribution is 2.25. The number of thiophene rings is 1. The molecule has 4 rings (SSSR count). The van der Waals surface area contributed by atoms with E-state index in [9.17, 15) is 24.5 Å². The molecule has 1 saturated heterocycles. The van der Waals surface area contributed by atoms with Crippen molar-refractivity contribution in [3.8, 4) is 0 Å². The third-order valence-corrected chi connectivity index (χ3v) is 5.97. The summed E-state index contributed by atoms with van der Waals surface area (Å²) in [5.41, 5.74) is -0.324. The Morgan fingerprint density at radius 2 is 1.77 bits per heavy atom. The fraction of sp³-hybridized carbons (Fsp3) is 0.263. The highest BCUT2D eigenvalue weighted by Gasteiger charge is 2.27. The molecule has 0 atom stereocenters. The van der Waals surface area contributed by atoms with Crippen molar-refractivity contribution in [3.63, 3.8) is 0 Å². The van der Waals surface area contributed by atoms with E-state index >= 15 is 0 Å². The molecule has 0 N–H and O–H groups in total. The zero-order valence-electron chi connectivity index (χ0n) is 15.8. The lowest BCUT2D eigenvalue weighted by Crippen LogP contribution is -2.51. The number of piperazine rings is 1. The topological polar surface area (TPSA) is 119 Å². The normalized spacial score (nSPS) is 14.1. The van der Waals surface area contributed by atoms with Crippen molar-refractivity contribution in [3.05, 3.63) is 67.9 Å². The van der Waals surface area contributed by atoms with Gasteiger partial charge in [-0.3, -0.25) is 24.5 Å². The van der Waals surface area contributed by atoms with Crippen molar-refractivity contribution >= 4 is 38.9 Å². The van der Waals surface area contributed by atoms with Crippen molar-refractivity contribution in [1.82, 2.24) is 19.6 Å². The summed E-state index contributed by atoms with van der Waals surface area (Å²) in [5, 5.41) is 16.0. The van der Waals surface area contributed by atoms with Gasteiger partial charge in [-0.2, -0.15) is 5.10 Å². The maximum Gasteiger partial charge on any atom is 0.324 e. The second-order valence-corrected chi connectivity index (χ2v) is 7.82. The van der Waals surface area contributed by atoms with Crippen LogP contribution in [0.5, 0.6) is 0 Å². The van der Waals surface area contributed by atoms with E-state index in [0.717, 1.165) is 16.0 Å². The van der Waals surface area contributed by atoms with E-state index in [1.807, 2.05) is 6.07 Å². The molecule has 10 nitrogen and oxygen atoms in total. The van der Waals surface area contributed by atoms with Gasteiger partial charge in [-0.25, -0.2) is 4.68 Å². The summed E-state index contributed by atoms with van der Waals surface area (Å²) in [5.74, 6) is -0.536. The van der Waals surface area contributed by atoms with Gasteiger partial charge < -0.3 is 9.80 Å². The first-order valence-corrected chi connectivity index (χ1v) is 10.0.